The highest BCUT2D eigenvalue weighted by Gasteiger charge is 2.37. The van der Waals surface area contributed by atoms with E-state index in [9.17, 15) is 0 Å². The molecule has 1 aliphatic rings. The molecule has 0 amide bonds. The van der Waals surface area contributed by atoms with Crippen LogP contribution in [0, 0.1) is 27.7 Å². The van der Waals surface area contributed by atoms with Crippen molar-refractivity contribution in [2.75, 3.05) is 0 Å². The topological polar surface area (TPSA) is 0 Å². The number of rotatable bonds is 6. The molecular formula is C41H36. The Bertz CT molecular complexity index is 1640. The summed E-state index contributed by atoms with van der Waals surface area (Å²) in [6, 6.07) is 45.2. The molecular weight excluding hydrogens is 492 g/mol. The van der Waals surface area contributed by atoms with E-state index in [1.165, 1.54) is 72.4 Å². The lowest BCUT2D eigenvalue weighted by Gasteiger charge is -2.22. The monoisotopic (exact) mass is 528 g/mol. The smallest absolute Gasteiger partial charge is 0.0364 e. The number of hydrogen-bond donors (Lipinski definition) is 0. The Morgan fingerprint density at radius 1 is 0.415 bits per heavy atom. The van der Waals surface area contributed by atoms with Crippen LogP contribution in [0.2, 0.25) is 0 Å². The lowest BCUT2D eigenvalue weighted by atomic mass is 9.80. The van der Waals surface area contributed by atoms with Crippen molar-refractivity contribution in [3.63, 3.8) is 0 Å². The SMILES string of the molecule is C=Cc1ccc(C2C(c3ccc(C)cc3)=C(c3ccc(C)cc3)C(c3ccc(C)cc3)=C2c2ccc(C)cc2)cc1. The van der Waals surface area contributed by atoms with E-state index in [1.807, 2.05) is 6.08 Å². The molecule has 5 aromatic carbocycles. The molecule has 1 aliphatic carbocycles. The third-order valence-electron chi connectivity index (χ3n) is 8.28. The molecule has 0 N–H and O–H groups in total. The quantitative estimate of drug-likeness (QED) is 0.206. The van der Waals surface area contributed by atoms with Gasteiger partial charge in [0.05, 0.1) is 0 Å². The first-order valence-electron chi connectivity index (χ1n) is 14.4. The van der Waals surface area contributed by atoms with Gasteiger partial charge in [0.15, 0.2) is 0 Å². The van der Waals surface area contributed by atoms with Gasteiger partial charge in [-0.05, 0) is 83.4 Å². The van der Waals surface area contributed by atoms with Crippen LogP contribution in [0.3, 0.4) is 0 Å². The minimum Gasteiger partial charge on any atom is -0.0985 e. The van der Waals surface area contributed by atoms with Gasteiger partial charge in [0.25, 0.3) is 0 Å². The van der Waals surface area contributed by atoms with E-state index in [0.29, 0.717) is 0 Å². The second-order valence-electron chi connectivity index (χ2n) is 11.3. The van der Waals surface area contributed by atoms with Gasteiger partial charge in [0.1, 0.15) is 0 Å². The first-order chi connectivity index (χ1) is 19.9. The van der Waals surface area contributed by atoms with Crippen LogP contribution in [0.15, 0.2) is 128 Å². The van der Waals surface area contributed by atoms with E-state index in [-0.39, 0.29) is 5.92 Å². The number of aryl methyl sites for hydroxylation is 4. The molecule has 0 spiro atoms. The molecule has 0 radical (unpaired) electrons. The van der Waals surface area contributed by atoms with E-state index in [1.54, 1.807) is 0 Å². The summed E-state index contributed by atoms with van der Waals surface area (Å²) >= 11 is 0. The summed E-state index contributed by atoms with van der Waals surface area (Å²) in [6.07, 6.45) is 1.92. The zero-order chi connectivity index (χ0) is 28.5. The van der Waals surface area contributed by atoms with E-state index >= 15 is 0 Å². The lowest BCUT2D eigenvalue weighted by molar-refractivity contribution is 1.14. The Morgan fingerprint density at radius 3 is 1.05 bits per heavy atom. The molecule has 5 aromatic rings. The summed E-state index contributed by atoms with van der Waals surface area (Å²) in [5, 5.41) is 0. The fourth-order valence-corrected chi connectivity index (χ4v) is 5.99. The minimum absolute atomic E-state index is 0.0619. The number of allylic oxidation sites excluding steroid dienone is 4. The molecule has 0 aromatic heterocycles. The molecule has 0 aliphatic heterocycles. The zero-order valence-corrected chi connectivity index (χ0v) is 24.4. The molecule has 0 unspecified atom stereocenters. The predicted molar refractivity (Wildman–Crippen MR) is 178 cm³/mol. The molecule has 0 nitrogen and oxygen atoms in total. The van der Waals surface area contributed by atoms with Crippen molar-refractivity contribution in [3.05, 3.63) is 184 Å². The molecule has 0 saturated heterocycles. The van der Waals surface area contributed by atoms with Gasteiger partial charge in [-0.1, -0.05) is 156 Å². The molecule has 0 heteroatoms. The van der Waals surface area contributed by atoms with Gasteiger partial charge in [0, 0.05) is 5.92 Å². The summed E-state index contributed by atoms with van der Waals surface area (Å²) in [5.41, 5.74) is 17.8. The predicted octanol–water partition coefficient (Wildman–Crippen LogP) is 10.9. The molecule has 41 heavy (non-hydrogen) atoms. The minimum atomic E-state index is 0.0619. The summed E-state index contributed by atoms with van der Waals surface area (Å²) in [7, 11) is 0. The summed E-state index contributed by atoms with van der Waals surface area (Å²) in [6.45, 7) is 12.6. The maximum atomic E-state index is 4.00. The third kappa shape index (κ3) is 5.14. The maximum Gasteiger partial charge on any atom is 0.0364 e. The summed E-state index contributed by atoms with van der Waals surface area (Å²) in [4.78, 5) is 0. The molecule has 0 atom stereocenters. The molecule has 0 fully saturated rings. The Kier molecular flexibility index (Phi) is 7.16. The van der Waals surface area contributed by atoms with Gasteiger partial charge >= 0.3 is 0 Å². The van der Waals surface area contributed by atoms with Crippen molar-refractivity contribution >= 4 is 28.4 Å². The summed E-state index contributed by atoms with van der Waals surface area (Å²) in [5.74, 6) is 0.0619. The van der Waals surface area contributed by atoms with Crippen LogP contribution in [0.5, 0.6) is 0 Å². The maximum absolute atomic E-state index is 4.00. The fourth-order valence-electron chi connectivity index (χ4n) is 5.99. The van der Waals surface area contributed by atoms with Gasteiger partial charge in [-0.15, -0.1) is 0 Å². The van der Waals surface area contributed by atoms with E-state index in [2.05, 4.69) is 156 Å². The van der Waals surface area contributed by atoms with Crippen LogP contribution in [0.4, 0.5) is 0 Å². The molecule has 6 rings (SSSR count). The van der Waals surface area contributed by atoms with Crippen LogP contribution in [-0.4, -0.2) is 0 Å². The third-order valence-corrected chi connectivity index (χ3v) is 8.28. The van der Waals surface area contributed by atoms with Gasteiger partial charge in [0.2, 0.25) is 0 Å². The van der Waals surface area contributed by atoms with Gasteiger partial charge in [-0.3, -0.25) is 0 Å². The first kappa shape index (κ1) is 26.5. The van der Waals surface area contributed by atoms with Gasteiger partial charge in [-0.25, -0.2) is 0 Å². The largest absolute Gasteiger partial charge is 0.0985 e. The van der Waals surface area contributed by atoms with Crippen molar-refractivity contribution in [2.45, 2.75) is 33.6 Å². The van der Waals surface area contributed by atoms with Crippen LogP contribution < -0.4 is 0 Å². The van der Waals surface area contributed by atoms with E-state index in [4.69, 9.17) is 0 Å². The Labute approximate surface area is 245 Å². The van der Waals surface area contributed by atoms with Crippen LogP contribution >= 0.6 is 0 Å². The molecule has 0 bridgehead atoms. The van der Waals surface area contributed by atoms with Crippen molar-refractivity contribution in [1.29, 1.82) is 0 Å². The Hall–Kier alpha value is -4.68. The highest BCUT2D eigenvalue weighted by molar-refractivity contribution is 6.29. The Morgan fingerprint density at radius 2 is 0.732 bits per heavy atom. The lowest BCUT2D eigenvalue weighted by Crippen LogP contribution is -2.03. The highest BCUT2D eigenvalue weighted by Crippen LogP contribution is 2.58. The van der Waals surface area contributed by atoms with E-state index in [0.717, 1.165) is 5.56 Å². The highest BCUT2D eigenvalue weighted by atomic mass is 14.4. The van der Waals surface area contributed by atoms with Crippen LogP contribution in [0.1, 0.15) is 61.6 Å². The number of hydrogen-bond acceptors (Lipinski definition) is 0. The molecule has 0 heterocycles. The second-order valence-corrected chi connectivity index (χ2v) is 11.3. The van der Waals surface area contributed by atoms with Crippen LogP contribution in [-0.2, 0) is 0 Å². The van der Waals surface area contributed by atoms with E-state index < -0.39 is 0 Å². The standard InChI is InChI=1S/C41H36/c1-6-31-15-25-36(26-16-31)41-39(34-21-11-29(4)12-22-34)37(32-17-7-27(2)8-18-32)38(33-19-9-28(3)10-20-33)40(41)35-23-13-30(5)14-24-35/h6-26,41H,1H2,2-5H3. The zero-order valence-electron chi connectivity index (χ0n) is 24.4. The van der Waals surface area contributed by atoms with Crippen molar-refractivity contribution in [2.24, 2.45) is 0 Å². The molecule has 200 valence electrons. The normalized spacial score (nSPS) is 13.7. The van der Waals surface area contributed by atoms with Crippen molar-refractivity contribution in [3.8, 4) is 0 Å². The fraction of sp³-hybridized carbons (Fsp3) is 0.122. The van der Waals surface area contributed by atoms with Gasteiger partial charge < -0.3 is 0 Å². The second kappa shape index (κ2) is 11.1. The first-order valence-corrected chi connectivity index (χ1v) is 14.4. The average molecular weight is 529 g/mol. The van der Waals surface area contributed by atoms with Gasteiger partial charge in [-0.2, -0.15) is 0 Å². The summed E-state index contributed by atoms with van der Waals surface area (Å²) < 4.78 is 0. The average Bonchev–Trinajstić information content (AvgIpc) is 3.35. The van der Waals surface area contributed by atoms with Crippen molar-refractivity contribution < 1.29 is 0 Å². The van der Waals surface area contributed by atoms with Crippen molar-refractivity contribution in [1.82, 2.24) is 0 Å². The van der Waals surface area contributed by atoms with Crippen LogP contribution in [0.25, 0.3) is 28.4 Å². The number of benzene rings is 5. The molecule has 0 saturated carbocycles. The Balaban J connectivity index is 1.76.